The third-order valence-corrected chi connectivity index (χ3v) is 6.17. The van der Waals surface area contributed by atoms with E-state index in [-0.39, 0.29) is 6.10 Å². The van der Waals surface area contributed by atoms with Crippen molar-refractivity contribution < 1.29 is 48.8 Å². The maximum atomic E-state index is 10.4. The first kappa shape index (κ1) is 24.4. The maximum Gasteiger partial charge on any atom is 0.229 e. The number of ether oxygens (including phenoxy) is 6. The molecule has 2 aliphatic rings. The summed E-state index contributed by atoms with van der Waals surface area (Å²) >= 11 is 0. The molecule has 0 saturated carbocycles. The summed E-state index contributed by atoms with van der Waals surface area (Å²) in [4.78, 5) is 0. The van der Waals surface area contributed by atoms with E-state index in [1.165, 1.54) is 7.11 Å². The molecule has 6 atom stereocenters. The number of aliphatic hydroxyl groups is 4. The molecule has 4 N–H and O–H groups in total. The summed E-state index contributed by atoms with van der Waals surface area (Å²) in [5, 5.41) is 39.9. The highest BCUT2D eigenvalue weighted by Crippen LogP contribution is 2.44. The number of hydrogen-bond donors (Lipinski definition) is 4. The molecule has 10 nitrogen and oxygen atoms in total. The molecule has 2 aromatic rings. The minimum absolute atomic E-state index is 0.250. The minimum atomic E-state index is -1.54. The third-order valence-electron chi connectivity index (χ3n) is 6.17. The predicted molar refractivity (Wildman–Crippen MR) is 119 cm³/mol. The van der Waals surface area contributed by atoms with Crippen molar-refractivity contribution in [2.24, 2.45) is 0 Å². The first-order valence-electron chi connectivity index (χ1n) is 11.0. The van der Waals surface area contributed by atoms with Crippen molar-refractivity contribution in [3.05, 3.63) is 41.5 Å². The van der Waals surface area contributed by atoms with Crippen LogP contribution in [0.2, 0.25) is 0 Å². The number of fused-ring (bicyclic) bond motifs is 1. The Morgan fingerprint density at radius 3 is 2.32 bits per heavy atom. The van der Waals surface area contributed by atoms with E-state index in [9.17, 15) is 20.4 Å². The summed E-state index contributed by atoms with van der Waals surface area (Å²) in [6.45, 7) is -0.545. The van der Waals surface area contributed by atoms with Gasteiger partial charge in [0.05, 0.1) is 27.9 Å². The maximum absolute atomic E-state index is 10.4. The summed E-state index contributed by atoms with van der Waals surface area (Å²) in [6.07, 6.45) is -5.94. The van der Waals surface area contributed by atoms with Gasteiger partial charge in [0.25, 0.3) is 0 Å². The Labute approximate surface area is 197 Å². The van der Waals surface area contributed by atoms with E-state index >= 15 is 0 Å². The van der Waals surface area contributed by atoms with Gasteiger partial charge < -0.3 is 48.8 Å². The van der Waals surface area contributed by atoms with Crippen molar-refractivity contribution in [1.82, 2.24) is 0 Å². The molecule has 186 valence electrons. The fourth-order valence-electron chi connectivity index (χ4n) is 4.24. The first-order valence-corrected chi connectivity index (χ1v) is 11.0. The van der Waals surface area contributed by atoms with Crippen LogP contribution in [0, 0.1) is 0 Å². The smallest absolute Gasteiger partial charge is 0.229 e. The van der Waals surface area contributed by atoms with Gasteiger partial charge in [0.2, 0.25) is 6.29 Å². The van der Waals surface area contributed by atoms with Crippen molar-refractivity contribution >= 4 is 0 Å². The van der Waals surface area contributed by atoms with Crippen molar-refractivity contribution in [2.75, 3.05) is 27.9 Å². The fourth-order valence-corrected chi connectivity index (χ4v) is 4.24. The van der Waals surface area contributed by atoms with E-state index in [1.807, 2.05) is 18.2 Å². The van der Waals surface area contributed by atoms with E-state index < -0.39 is 37.3 Å². The van der Waals surface area contributed by atoms with Crippen LogP contribution in [0.4, 0.5) is 0 Å². The molecule has 10 heteroatoms. The van der Waals surface area contributed by atoms with Crippen LogP contribution in [0.25, 0.3) is 0 Å². The summed E-state index contributed by atoms with van der Waals surface area (Å²) < 4.78 is 33.8. The van der Waals surface area contributed by atoms with E-state index in [0.29, 0.717) is 41.6 Å². The largest absolute Gasteiger partial charge is 0.496 e. The molecule has 4 rings (SSSR count). The van der Waals surface area contributed by atoms with Crippen LogP contribution in [-0.2, 0) is 11.2 Å². The highest BCUT2D eigenvalue weighted by atomic mass is 16.7. The van der Waals surface area contributed by atoms with Gasteiger partial charge in [0.1, 0.15) is 47.8 Å². The fraction of sp³-hybridized carbons (Fsp3) is 0.500. The molecule has 34 heavy (non-hydrogen) atoms. The third kappa shape index (κ3) is 4.59. The Kier molecular flexibility index (Phi) is 7.34. The van der Waals surface area contributed by atoms with Gasteiger partial charge in [-0.25, -0.2) is 0 Å². The van der Waals surface area contributed by atoms with E-state index in [2.05, 4.69) is 0 Å². The van der Waals surface area contributed by atoms with Crippen molar-refractivity contribution in [3.63, 3.8) is 0 Å². The quantitative estimate of drug-likeness (QED) is 0.455. The Bertz CT molecular complexity index is 994. The van der Waals surface area contributed by atoms with Crippen LogP contribution >= 0.6 is 0 Å². The van der Waals surface area contributed by atoms with Gasteiger partial charge in [-0.15, -0.1) is 0 Å². The molecule has 2 heterocycles. The Morgan fingerprint density at radius 1 is 0.882 bits per heavy atom. The SMILES string of the molecule is COc1cc2c(c(O[C@@H]3OC(CO)[C@@H](O)C(O)[C@@H]3O)c1)CCC(c1ccc(OC)c(OC)c1)O2. The molecule has 0 aliphatic carbocycles. The zero-order valence-corrected chi connectivity index (χ0v) is 19.2. The summed E-state index contributed by atoms with van der Waals surface area (Å²) in [7, 11) is 4.66. The lowest BCUT2D eigenvalue weighted by atomic mass is 9.96. The molecule has 0 radical (unpaired) electrons. The highest BCUT2D eigenvalue weighted by molar-refractivity contribution is 5.52. The molecular formula is C24H30O10. The van der Waals surface area contributed by atoms with Crippen LogP contribution in [-0.4, -0.2) is 79.1 Å². The normalized spacial score (nSPS) is 28.4. The average Bonchev–Trinajstić information content (AvgIpc) is 2.87. The second-order valence-corrected chi connectivity index (χ2v) is 8.18. The Morgan fingerprint density at radius 2 is 1.65 bits per heavy atom. The number of benzene rings is 2. The second kappa shape index (κ2) is 10.2. The van der Waals surface area contributed by atoms with Crippen molar-refractivity contribution in [3.8, 4) is 28.7 Å². The molecule has 3 unspecified atom stereocenters. The number of aliphatic hydroxyl groups excluding tert-OH is 4. The predicted octanol–water partition coefficient (Wildman–Crippen LogP) is 0.957. The van der Waals surface area contributed by atoms with Gasteiger partial charge in [-0.3, -0.25) is 0 Å². The number of methoxy groups -OCH3 is 3. The van der Waals surface area contributed by atoms with Gasteiger partial charge in [-0.2, -0.15) is 0 Å². The highest BCUT2D eigenvalue weighted by Gasteiger charge is 2.45. The molecule has 2 aliphatic heterocycles. The van der Waals surface area contributed by atoms with Crippen LogP contribution in [0.15, 0.2) is 30.3 Å². The molecular weight excluding hydrogens is 448 g/mol. The van der Waals surface area contributed by atoms with Crippen LogP contribution in [0.1, 0.15) is 23.7 Å². The first-order chi connectivity index (χ1) is 16.4. The Hall–Kier alpha value is -2.76. The lowest BCUT2D eigenvalue weighted by Gasteiger charge is -2.40. The lowest BCUT2D eigenvalue weighted by Crippen LogP contribution is -2.60. The minimum Gasteiger partial charge on any atom is -0.496 e. The molecule has 0 bridgehead atoms. The van der Waals surface area contributed by atoms with Crippen molar-refractivity contribution in [2.45, 2.75) is 49.7 Å². The zero-order chi connectivity index (χ0) is 24.4. The summed E-state index contributed by atoms with van der Waals surface area (Å²) in [6, 6.07) is 9.01. The Balaban J connectivity index is 1.60. The molecule has 0 amide bonds. The second-order valence-electron chi connectivity index (χ2n) is 8.18. The van der Waals surface area contributed by atoms with Gasteiger partial charge in [0.15, 0.2) is 11.5 Å². The standard InChI is InChI=1S/C24H30O10/c1-29-13-9-17-14(5-7-15(32-17)12-4-6-16(30-2)19(8-12)31-3)18(10-13)33-24-23(28)22(27)21(26)20(11-25)34-24/h4,6,8-10,15,20-28H,5,7,11H2,1-3H3/t15?,20?,21-,22?,23+,24-/m1/s1. The molecule has 2 aromatic carbocycles. The molecule has 1 fully saturated rings. The zero-order valence-electron chi connectivity index (χ0n) is 19.2. The molecule has 0 spiro atoms. The van der Waals surface area contributed by atoms with E-state index in [1.54, 1.807) is 26.4 Å². The summed E-state index contributed by atoms with van der Waals surface area (Å²) in [5.41, 5.74) is 1.66. The van der Waals surface area contributed by atoms with Crippen molar-refractivity contribution in [1.29, 1.82) is 0 Å². The number of rotatable bonds is 7. The van der Waals surface area contributed by atoms with Gasteiger partial charge in [-0.05, 0) is 30.5 Å². The molecule has 0 aromatic heterocycles. The van der Waals surface area contributed by atoms with Gasteiger partial charge in [0, 0.05) is 17.7 Å². The van der Waals surface area contributed by atoms with Gasteiger partial charge in [-0.1, -0.05) is 6.07 Å². The van der Waals surface area contributed by atoms with Crippen LogP contribution < -0.4 is 23.7 Å². The summed E-state index contributed by atoms with van der Waals surface area (Å²) in [5.74, 6) is 2.59. The van der Waals surface area contributed by atoms with E-state index in [4.69, 9.17) is 28.4 Å². The lowest BCUT2D eigenvalue weighted by molar-refractivity contribution is -0.277. The van der Waals surface area contributed by atoms with Crippen LogP contribution in [0.3, 0.4) is 0 Å². The van der Waals surface area contributed by atoms with E-state index in [0.717, 1.165) is 11.1 Å². The average molecular weight is 478 g/mol. The monoisotopic (exact) mass is 478 g/mol. The van der Waals surface area contributed by atoms with Gasteiger partial charge >= 0.3 is 0 Å². The molecule has 1 saturated heterocycles. The topological polar surface area (TPSA) is 136 Å². The van der Waals surface area contributed by atoms with Crippen LogP contribution in [0.5, 0.6) is 28.7 Å². The number of hydrogen-bond acceptors (Lipinski definition) is 10.